The van der Waals surface area contributed by atoms with Crippen molar-refractivity contribution in [1.29, 1.82) is 0 Å². The average Bonchev–Trinajstić information content (AvgIpc) is 3.16. The van der Waals surface area contributed by atoms with Crippen molar-refractivity contribution in [3.63, 3.8) is 0 Å². The maximum atomic E-state index is 1.88. The van der Waals surface area contributed by atoms with E-state index in [1.807, 2.05) is 44.6 Å². The molecule has 2 fully saturated rings. The minimum Gasteiger partial charge on any atom is -0.0527 e. The minimum atomic E-state index is 1.38. The Morgan fingerprint density at radius 3 is 0.464 bits per heavy atom. The van der Waals surface area contributed by atoms with Gasteiger partial charge in [0.15, 0.2) is 0 Å². The zero-order valence-corrected chi connectivity index (χ0v) is 18.1. The quantitative estimate of drug-likeness (QED) is 0.395. The number of hydrogen-bond donors (Lipinski definition) is 0. The molecular formula is C28H40. The summed E-state index contributed by atoms with van der Waals surface area (Å²) in [5.74, 6) is 0. The smallest absolute Gasteiger partial charge is 0.0273 e. The van der Waals surface area contributed by atoms with Crippen LogP contribution >= 0.6 is 0 Å². The lowest BCUT2D eigenvalue weighted by molar-refractivity contribution is 0.660. The first kappa shape index (κ1) is 19.0. The zero-order valence-electron chi connectivity index (χ0n) is 18.1. The molecule has 0 saturated heterocycles. The van der Waals surface area contributed by atoms with E-state index in [4.69, 9.17) is 0 Å². The van der Waals surface area contributed by atoms with Gasteiger partial charge in [-0.3, -0.25) is 0 Å². The van der Waals surface area contributed by atoms with Gasteiger partial charge in [0.05, 0.1) is 0 Å². The van der Waals surface area contributed by atoms with E-state index in [1.54, 1.807) is 0 Å². The molecule has 5 aliphatic carbocycles. The van der Waals surface area contributed by atoms with Crippen LogP contribution in [0.1, 0.15) is 128 Å². The van der Waals surface area contributed by atoms with Crippen molar-refractivity contribution in [3.05, 3.63) is 44.6 Å². The Morgan fingerprint density at radius 2 is 0.321 bits per heavy atom. The van der Waals surface area contributed by atoms with E-state index in [1.165, 1.54) is 128 Å². The van der Waals surface area contributed by atoms with Gasteiger partial charge >= 0.3 is 0 Å². The molecule has 0 unspecified atom stereocenters. The molecular weight excluding hydrogens is 336 g/mol. The zero-order chi connectivity index (χ0) is 18.8. The van der Waals surface area contributed by atoms with Gasteiger partial charge in [0.25, 0.3) is 0 Å². The normalized spacial score (nSPS) is 35.1. The highest BCUT2D eigenvalue weighted by Crippen LogP contribution is 2.49. The topological polar surface area (TPSA) is 0 Å². The van der Waals surface area contributed by atoms with E-state index >= 15 is 0 Å². The van der Waals surface area contributed by atoms with Crippen LogP contribution in [0.4, 0.5) is 0 Å². The molecule has 0 nitrogen and oxygen atoms in total. The van der Waals surface area contributed by atoms with Crippen LogP contribution in [0.2, 0.25) is 0 Å². The Bertz CT molecular complexity index is 676. The fraction of sp³-hybridized carbons (Fsp3) is 0.714. The number of rotatable bonds is 0. The highest BCUT2D eigenvalue weighted by molar-refractivity contribution is 5.61. The van der Waals surface area contributed by atoms with Crippen LogP contribution in [0, 0.1) is 0 Å². The van der Waals surface area contributed by atoms with Crippen molar-refractivity contribution in [2.24, 2.45) is 0 Å². The lowest BCUT2D eigenvalue weighted by Gasteiger charge is -2.29. The molecule has 0 radical (unpaired) electrons. The predicted molar refractivity (Wildman–Crippen MR) is 120 cm³/mol. The van der Waals surface area contributed by atoms with Gasteiger partial charge in [-0.25, -0.2) is 0 Å². The summed E-state index contributed by atoms with van der Waals surface area (Å²) in [6.07, 6.45) is 28.3. The molecule has 0 heterocycles. The first-order valence-corrected chi connectivity index (χ1v) is 12.8. The highest BCUT2D eigenvalue weighted by atomic mass is 14.4. The van der Waals surface area contributed by atoms with Gasteiger partial charge in [-0.1, -0.05) is 25.7 Å². The Morgan fingerprint density at radius 1 is 0.179 bits per heavy atom. The second-order valence-electron chi connectivity index (χ2n) is 10.1. The first-order valence-electron chi connectivity index (χ1n) is 12.8. The van der Waals surface area contributed by atoms with Gasteiger partial charge in [0.2, 0.25) is 0 Å². The minimum absolute atomic E-state index is 1.38. The van der Waals surface area contributed by atoms with Crippen LogP contribution in [-0.4, -0.2) is 0 Å². The molecule has 5 rings (SSSR count). The van der Waals surface area contributed by atoms with Gasteiger partial charge in [-0.2, -0.15) is 0 Å². The van der Waals surface area contributed by atoms with E-state index in [-0.39, 0.29) is 0 Å². The Labute approximate surface area is 173 Å². The molecule has 0 spiro atoms. The average molecular weight is 377 g/mol. The molecule has 0 atom stereocenters. The summed E-state index contributed by atoms with van der Waals surface area (Å²) in [6.45, 7) is 0. The summed E-state index contributed by atoms with van der Waals surface area (Å²) in [6, 6.07) is 0. The van der Waals surface area contributed by atoms with E-state index in [2.05, 4.69) is 0 Å². The van der Waals surface area contributed by atoms with Gasteiger partial charge in [0.1, 0.15) is 0 Å². The van der Waals surface area contributed by atoms with Gasteiger partial charge in [-0.05, 0) is 147 Å². The Balaban J connectivity index is 1.81. The maximum absolute atomic E-state index is 1.88. The fourth-order valence-corrected chi connectivity index (χ4v) is 6.99. The molecule has 2 saturated carbocycles. The van der Waals surface area contributed by atoms with E-state index in [9.17, 15) is 0 Å². The molecule has 152 valence electrons. The van der Waals surface area contributed by atoms with Crippen molar-refractivity contribution < 1.29 is 0 Å². The standard InChI is InChI=1S/C28H40/c1-5-13-21-22-14-6-2-8-16-24(22)26-18-10-3-9-17-25(23(21)15-7-1)27-19-11-4-12-20-28(26)27/h1-20H2/b22-21-,25-23-,26-24-,27-25?,28-26?. The SMILES string of the molecule is C1CCC2=C(CC1)C1=C3/CCCCC/C3=C3\CCCCC\C3=C\2CCCCC\1. The molecule has 28 heavy (non-hydrogen) atoms. The van der Waals surface area contributed by atoms with Crippen LogP contribution in [0.15, 0.2) is 44.6 Å². The molecule has 0 aliphatic heterocycles. The lowest BCUT2D eigenvalue weighted by Crippen LogP contribution is -2.10. The predicted octanol–water partition coefficient (Wildman–Crippen LogP) is 9.04. The van der Waals surface area contributed by atoms with Crippen molar-refractivity contribution in [2.75, 3.05) is 0 Å². The van der Waals surface area contributed by atoms with Crippen molar-refractivity contribution in [3.8, 4) is 0 Å². The Hall–Kier alpha value is -1.04. The fourth-order valence-electron chi connectivity index (χ4n) is 6.99. The highest BCUT2D eigenvalue weighted by Gasteiger charge is 2.30. The van der Waals surface area contributed by atoms with E-state index in [0.717, 1.165) is 0 Å². The first-order chi connectivity index (χ1) is 13.9. The second kappa shape index (κ2) is 8.76. The van der Waals surface area contributed by atoms with Gasteiger partial charge < -0.3 is 0 Å². The third kappa shape index (κ3) is 3.61. The number of hydrogen-bond acceptors (Lipinski definition) is 0. The van der Waals surface area contributed by atoms with Crippen LogP contribution < -0.4 is 0 Å². The van der Waals surface area contributed by atoms with Crippen molar-refractivity contribution in [2.45, 2.75) is 128 Å². The summed E-state index contributed by atoms with van der Waals surface area (Å²) >= 11 is 0. The van der Waals surface area contributed by atoms with Crippen LogP contribution in [0.5, 0.6) is 0 Å². The summed E-state index contributed by atoms with van der Waals surface area (Å²) < 4.78 is 0. The Kier molecular flexibility index (Phi) is 5.93. The molecule has 5 aliphatic rings. The van der Waals surface area contributed by atoms with Crippen molar-refractivity contribution >= 4 is 0 Å². The maximum Gasteiger partial charge on any atom is -0.0273 e. The van der Waals surface area contributed by atoms with E-state index < -0.39 is 0 Å². The van der Waals surface area contributed by atoms with Crippen LogP contribution in [0.25, 0.3) is 0 Å². The monoisotopic (exact) mass is 376 g/mol. The van der Waals surface area contributed by atoms with Crippen molar-refractivity contribution in [1.82, 2.24) is 0 Å². The van der Waals surface area contributed by atoms with Crippen LogP contribution in [-0.2, 0) is 0 Å². The molecule has 0 heteroatoms. The summed E-state index contributed by atoms with van der Waals surface area (Å²) in [5.41, 5.74) is 15.0. The second-order valence-corrected chi connectivity index (χ2v) is 10.1. The number of allylic oxidation sites excluding steroid dienone is 8. The molecule has 0 amide bonds. The largest absolute Gasteiger partial charge is 0.0527 e. The molecule has 0 aromatic heterocycles. The van der Waals surface area contributed by atoms with E-state index in [0.29, 0.717) is 0 Å². The number of fused-ring (bicyclic) bond motifs is 2. The van der Waals surface area contributed by atoms with Gasteiger partial charge in [-0.15, -0.1) is 0 Å². The third-order valence-electron chi connectivity index (χ3n) is 8.33. The van der Waals surface area contributed by atoms with Crippen LogP contribution in [0.3, 0.4) is 0 Å². The molecule has 0 N–H and O–H groups in total. The molecule has 0 aromatic rings. The molecule has 0 aromatic carbocycles. The van der Waals surface area contributed by atoms with Gasteiger partial charge in [0, 0.05) is 0 Å². The summed E-state index contributed by atoms with van der Waals surface area (Å²) in [7, 11) is 0. The summed E-state index contributed by atoms with van der Waals surface area (Å²) in [4.78, 5) is 0. The third-order valence-corrected chi connectivity index (χ3v) is 8.33. The lowest BCUT2D eigenvalue weighted by atomic mass is 9.75. The summed E-state index contributed by atoms with van der Waals surface area (Å²) in [5, 5.41) is 0. The molecule has 2 bridgehead atoms.